The lowest BCUT2D eigenvalue weighted by molar-refractivity contribution is 0.0635. The molecule has 1 heterocycles. The summed E-state index contributed by atoms with van der Waals surface area (Å²) in [5.41, 5.74) is 0.350. The van der Waals surface area contributed by atoms with Gasteiger partial charge in [0.2, 0.25) is 0 Å². The van der Waals surface area contributed by atoms with Crippen LogP contribution < -0.4 is 10.6 Å². The minimum Gasteiger partial charge on any atom is -0.444 e. The Labute approximate surface area is 130 Å². The highest BCUT2D eigenvalue weighted by atomic mass is 16.6. The van der Waals surface area contributed by atoms with Crippen LogP contribution in [0.5, 0.6) is 0 Å². The van der Waals surface area contributed by atoms with Gasteiger partial charge in [-0.1, -0.05) is 0 Å². The van der Waals surface area contributed by atoms with E-state index in [1.54, 1.807) is 6.20 Å². The smallest absolute Gasteiger partial charge is 0.413 e. The van der Waals surface area contributed by atoms with Crippen LogP contribution in [0.4, 0.5) is 10.6 Å². The Hall–Kier alpha value is -1.60. The van der Waals surface area contributed by atoms with Crippen molar-refractivity contribution in [2.45, 2.75) is 70.7 Å². The third kappa shape index (κ3) is 5.31. The van der Waals surface area contributed by atoms with E-state index in [1.807, 2.05) is 20.8 Å². The fourth-order valence-electron chi connectivity index (χ4n) is 2.49. The minimum atomic E-state index is -0.536. The molecule has 1 amide bonds. The van der Waals surface area contributed by atoms with Gasteiger partial charge in [-0.05, 0) is 46.5 Å². The molecule has 2 rings (SSSR count). The molecule has 1 aromatic rings. The molecule has 1 aliphatic rings. The van der Waals surface area contributed by atoms with Crippen molar-refractivity contribution in [3.63, 3.8) is 0 Å². The van der Waals surface area contributed by atoms with Crippen molar-refractivity contribution >= 4 is 11.9 Å². The molecule has 7 heteroatoms. The fourth-order valence-corrected chi connectivity index (χ4v) is 2.49. The van der Waals surface area contributed by atoms with Gasteiger partial charge in [-0.3, -0.25) is 10.4 Å². The molecule has 0 bridgehead atoms. The van der Waals surface area contributed by atoms with E-state index in [2.05, 4.69) is 20.8 Å². The van der Waals surface area contributed by atoms with E-state index >= 15 is 0 Å². The van der Waals surface area contributed by atoms with Gasteiger partial charge in [-0.2, -0.15) is 5.10 Å². The first-order valence-corrected chi connectivity index (χ1v) is 7.77. The minimum absolute atomic E-state index is 0.156. The SMILES string of the molecule is CC(C)(C)OC(=O)Nc1[nH]ncc1CNC1CCC(O)CC1. The zero-order chi connectivity index (χ0) is 16.2. The Morgan fingerprint density at radius 3 is 2.73 bits per heavy atom. The monoisotopic (exact) mass is 310 g/mol. The van der Waals surface area contributed by atoms with Crippen LogP contribution in [0, 0.1) is 0 Å². The predicted molar refractivity (Wildman–Crippen MR) is 83.5 cm³/mol. The van der Waals surface area contributed by atoms with E-state index in [1.165, 1.54) is 0 Å². The van der Waals surface area contributed by atoms with Crippen LogP contribution in [-0.4, -0.2) is 39.1 Å². The van der Waals surface area contributed by atoms with Crippen molar-refractivity contribution in [1.82, 2.24) is 15.5 Å². The maximum atomic E-state index is 11.8. The Bertz CT molecular complexity index is 487. The van der Waals surface area contributed by atoms with Crippen LogP contribution in [0.3, 0.4) is 0 Å². The normalized spacial score (nSPS) is 22.4. The average Bonchev–Trinajstić information content (AvgIpc) is 2.83. The second kappa shape index (κ2) is 7.11. The van der Waals surface area contributed by atoms with Crippen LogP contribution in [0.15, 0.2) is 6.20 Å². The van der Waals surface area contributed by atoms with Gasteiger partial charge in [0, 0.05) is 18.2 Å². The third-order valence-corrected chi connectivity index (χ3v) is 3.62. The van der Waals surface area contributed by atoms with E-state index in [-0.39, 0.29) is 6.10 Å². The summed E-state index contributed by atoms with van der Waals surface area (Å²) in [4.78, 5) is 11.8. The lowest BCUT2D eigenvalue weighted by atomic mass is 9.93. The first-order valence-electron chi connectivity index (χ1n) is 7.77. The zero-order valence-corrected chi connectivity index (χ0v) is 13.5. The second-order valence-electron chi connectivity index (χ2n) is 6.78. The number of hydrogen-bond donors (Lipinski definition) is 4. The number of rotatable bonds is 4. The summed E-state index contributed by atoms with van der Waals surface area (Å²) in [5.74, 6) is 0.553. The standard InChI is InChI=1S/C15H26N4O3/c1-15(2,3)22-14(21)18-13-10(9-17-19-13)8-16-11-4-6-12(20)7-5-11/h9,11-12,16,20H,4-8H2,1-3H3,(H2,17,18,19,21). The molecular weight excluding hydrogens is 284 g/mol. The number of anilines is 1. The quantitative estimate of drug-likeness (QED) is 0.683. The zero-order valence-electron chi connectivity index (χ0n) is 13.5. The van der Waals surface area contributed by atoms with Crippen molar-refractivity contribution in [2.75, 3.05) is 5.32 Å². The van der Waals surface area contributed by atoms with Crippen molar-refractivity contribution in [1.29, 1.82) is 0 Å². The molecular formula is C15H26N4O3. The molecule has 1 aromatic heterocycles. The van der Waals surface area contributed by atoms with Gasteiger partial charge in [0.1, 0.15) is 11.4 Å². The van der Waals surface area contributed by atoms with Crippen LogP contribution in [0.25, 0.3) is 0 Å². The number of aliphatic hydroxyl groups excluding tert-OH is 1. The van der Waals surface area contributed by atoms with Gasteiger partial charge in [-0.25, -0.2) is 4.79 Å². The summed E-state index contributed by atoms with van der Waals surface area (Å²) in [7, 11) is 0. The van der Waals surface area contributed by atoms with Crippen LogP contribution in [0.2, 0.25) is 0 Å². The number of aromatic amines is 1. The highest BCUT2D eigenvalue weighted by molar-refractivity contribution is 5.84. The van der Waals surface area contributed by atoms with Gasteiger partial charge in [-0.15, -0.1) is 0 Å². The summed E-state index contributed by atoms with van der Waals surface area (Å²) < 4.78 is 5.23. The largest absolute Gasteiger partial charge is 0.444 e. The molecule has 22 heavy (non-hydrogen) atoms. The Morgan fingerprint density at radius 1 is 1.41 bits per heavy atom. The van der Waals surface area contributed by atoms with E-state index in [0.29, 0.717) is 18.4 Å². The lowest BCUT2D eigenvalue weighted by Crippen LogP contribution is -2.34. The molecule has 0 radical (unpaired) electrons. The van der Waals surface area contributed by atoms with E-state index in [0.717, 1.165) is 31.2 Å². The highest BCUT2D eigenvalue weighted by Gasteiger charge is 2.20. The maximum Gasteiger partial charge on any atom is 0.413 e. The molecule has 1 fully saturated rings. The first kappa shape index (κ1) is 16.8. The molecule has 1 saturated carbocycles. The highest BCUT2D eigenvalue weighted by Crippen LogP contribution is 2.20. The average molecular weight is 310 g/mol. The van der Waals surface area contributed by atoms with Crippen molar-refractivity contribution in [3.05, 3.63) is 11.8 Å². The number of H-pyrrole nitrogens is 1. The van der Waals surface area contributed by atoms with Gasteiger partial charge in [0.25, 0.3) is 0 Å². The van der Waals surface area contributed by atoms with Crippen LogP contribution in [0.1, 0.15) is 52.0 Å². The Morgan fingerprint density at radius 2 is 2.09 bits per heavy atom. The number of nitrogens with one attached hydrogen (secondary N) is 3. The van der Waals surface area contributed by atoms with E-state index in [4.69, 9.17) is 4.74 Å². The molecule has 0 aliphatic heterocycles. The molecule has 124 valence electrons. The number of carbonyl (C=O) groups is 1. The van der Waals surface area contributed by atoms with Crippen LogP contribution in [-0.2, 0) is 11.3 Å². The summed E-state index contributed by atoms with van der Waals surface area (Å²) in [5, 5.41) is 22.4. The van der Waals surface area contributed by atoms with E-state index < -0.39 is 11.7 Å². The number of aromatic nitrogens is 2. The molecule has 0 saturated heterocycles. The Balaban J connectivity index is 1.83. The lowest BCUT2D eigenvalue weighted by Gasteiger charge is -2.26. The summed E-state index contributed by atoms with van der Waals surface area (Å²) in [6.45, 7) is 6.07. The number of amides is 1. The third-order valence-electron chi connectivity index (χ3n) is 3.62. The molecule has 1 aliphatic carbocycles. The number of carbonyl (C=O) groups excluding carboxylic acids is 1. The van der Waals surface area contributed by atoms with Gasteiger partial charge >= 0.3 is 6.09 Å². The fraction of sp³-hybridized carbons (Fsp3) is 0.733. The number of aliphatic hydroxyl groups is 1. The number of hydrogen-bond acceptors (Lipinski definition) is 5. The second-order valence-corrected chi connectivity index (χ2v) is 6.78. The molecule has 7 nitrogen and oxygen atoms in total. The van der Waals surface area contributed by atoms with Gasteiger partial charge in [0.15, 0.2) is 0 Å². The molecule has 0 atom stereocenters. The van der Waals surface area contributed by atoms with Gasteiger partial charge in [0.05, 0.1) is 12.3 Å². The Kier molecular flexibility index (Phi) is 5.42. The van der Waals surface area contributed by atoms with E-state index in [9.17, 15) is 9.90 Å². The number of nitrogens with zero attached hydrogens (tertiary/aromatic N) is 1. The molecule has 0 aromatic carbocycles. The molecule has 4 N–H and O–H groups in total. The number of ether oxygens (including phenoxy) is 1. The first-order chi connectivity index (χ1) is 10.3. The topological polar surface area (TPSA) is 99.3 Å². The summed E-state index contributed by atoms with van der Waals surface area (Å²) in [6, 6.07) is 0.396. The van der Waals surface area contributed by atoms with Crippen molar-refractivity contribution in [2.24, 2.45) is 0 Å². The summed E-state index contributed by atoms with van der Waals surface area (Å²) >= 11 is 0. The molecule has 0 unspecified atom stereocenters. The summed E-state index contributed by atoms with van der Waals surface area (Å²) in [6.07, 6.45) is 4.65. The van der Waals surface area contributed by atoms with Crippen LogP contribution >= 0.6 is 0 Å². The van der Waals surface area contributed by atoms with Crippen molar-refractivity contribution < 1.29 is 14.6 Å². The predicted octanol–water partition coefficient (Wildman–Crippen LogP) is 2.15. The van der Waals surface area contributed by atoms with Gasteiger partial charge < -0.3 is 15.2 Å². The maximum absolute atomic E-state index is 11.8. The van der Waals surface area contributed by atoms with Crippen molar-refractivity contribution in [3.8, 4) is 0 Å². The molecule has 0 spiro atoms.